The van der Waals surface area contributed by atoms with Crippen molar-refractivity contribution < 1.29 is 4.79 Å². The molecule has 23 heavy (non-hydrogen) atoms. The second kappa shape index (κ2) is 5.95. The molecule has 0 bridgehead atoms. The summed E-state index contributed by atoms with van der Waals surface area (Å²) in [5.74, 6) is -0.0433. The lowest BCUT2D eigenvalue weighted by Gasteiger charge is -2.18. The third-order valence-electron chi connectivity index (χ3n) is 4.65. The van der Waals surface area contributed by atoms with Crippen molar-refractivity contribution in [3.63, 3.8) is 0 Å². The Balaban J connectivity index is 1.51. The van der Waals surface area contributed by atoms with Crippen LogP contribution in [0.15, 0.2) is 42.5 Å². The van der Waals surface area contributed by atoms with Gasteiger partial charge in [0.1, 0.15) is 0 Å². The van der Waals surface area contributed by atoms with Crippen LogP contribution in [0.5, 0.6) is 0 Å². The lowest BCUT2D eigenvalue weighted by molar-refractivity contribution is 0.102. The van der Waals surface area contributed by atoms with Crippen LogP contribution in [0.3, 0.4) is 0 Å². The minimum Gasteiger partial charge on any atom is -0.384 e. The van der Waals surface area contributed by atoms with Crippen molar-refractivity contribution in [2.75, 3.05) is 35.2 Å². The Kier molecular flexibility index (Phi) is 3.66. The average molecular weight is 307 g/mol. The molecule has 0 spiro atoms. The number of nitrogens with zero attached hydrogens (tertiary/aromatic N) is 1. The summed E-state index contributed by atoms with van der Waals surface area (Å²) in [5.41, 5.74) is 5.15. The van der Waals surface area contributed by atoms with E-state index in [1.54, 1.807) is 0 Å². The van der Waals surface area contributed by atoms with Gasteiger partial charge in [-0.1, -0.05) is 6.07 Å². The number of amides is 1. The van der Waals surface area contributed by atoms with Crippen LogP contribution in [0.2, 0.25) is 0 Å². The molecule has 0 saturated carbocycles. The van der Waals surface area contributed by atoms with Crippen molar-refractivity contribution in [2.45, 2.75) is 19.3 Å². The van der Waals surface area contributed by atoms with Gasteiger partial charge in [-0.25, -0.2) is 0 Å². The number of nitrogens with one attached hydrogen (secondary N) is 2. The van der Waals surface area contributed by atoms with E-state index in [2.05, 4.69) is 27.7 Å². The maximum atomic E-state index is 12.5. The van der Waals surface area contributed by atoms with Gasteiger partial charge in [-0.05, 0) is 61.2 Å². The first-order valence-electron chi connectivity index (χ1n) is 8.33. The van der Waals surface area contributed by atoms with Crippen LogP contribution in [0.4, 0.5) is 17.1 Å². The van der Waals surface area contributed by atoms with Crippen LogP contribution in [0, 0.1) is 0 Å². The van der Waals surface area contributed by atoms with Crippen LogP contribution in [0.25, 0.3) is 0 Å². The van der Waals surface area contributed by atoms with E-state index >= 15 is 0 Å². The van der Waals surface area contributed by atoms with E-state index in [4.69, 9.17) is 0 Å². The molecule has 2 aromatic rings. The summed E-state index contributed by atoms with van der Waals surface area (Å²) in [6.07, 6.45) is 3.49. The zero-order valence-corrected chi connectivity index (χ0v) is 13.1. The number of carbonyl (C=O) groups is 1. The molecule has 118 valence electrons. The van der Waals surface area contributed by atoms with Gasteiger partial charge in [-0.2, -0.15) is 0 Å². The summed E-state index contributed by atoms with van der Waals surface area (Å²) in [6.45, 7) is 3.17. The largest absolute Gasteiger partial charge is 0.384 e. The Hall–Kier alpha value is -2.49. The molecular formula is C19H21N3O. The molecule has 1 fully saturated rings. The van der Waals surface area contributed by atoms with E-state index in [0.717, 1.165) is 43.0 Å². The lowest BCUT2D eigenvalue weighted by atomic mass is 10.1. The maximum Gasteiger partial charge on any atom is 0.255 e. The first kappa shape index (κ1) is 14.1. The van der Waals surface area contributed by atoms with Crippen LogP contribution < -0.4 is 15.5 Å². The van der Waals surface area contributed by atoms with Crippen molar-refractivity contribution in [2.24, 2.45) is 0 Å². The van der Waals surface area contributed by atoms with E-state index in [1.807, 2.05) is 30.3 Å². The third-order valence-corrected chi connectivity index (χ3v) is 4.65. The molecule has 4 nitrogen and oxygen atoms in total. The standard InChI is InChI=1S/C19H21N3O/c23-19(15-6-7-18-14(12-15)8-9-20-18)21-16-4-3-5-17(13-16)22-10-1-2-11-22/h3-7,12-13,20H,1-2,8-11H2,(H,21,23). The molecular weight excluding hydrogens is 286 g/mol. The topological polar surface area (TPSA) is 44.4 Å². The highest BCUT2D eigenvalue weighted by Gasteiger charge is 2.15. The molecule has 4 heteroatoms. The minimum atomic E-state index is -0.0433. The molecule has 0 aromatic heterocycles. The Morgan fingerprint density at radius 3 is 2.83 bits per heavy atom. The molecule has 0 aliphatic carbocycles. The molecule has 2 N–H and O–H groups in total. The monoisotopic (exact) mass is 307 g/mol. The highest BCUT2D eigenvalue weighted by atomic mass is 16.1. The molecule has 2 heterocycles. The quantitative estimate of drug-likeness (QED) is 0.912. The second-order valence-electron chi connectivity index (χ2n) is 6.25. The van der Waals surface area contributed by atoms with Crippen LogP contribution in [-0.4, -0.2) is 25.5 Å². The normalized spacial score (nSPS) is 16.1. The SMILES string of the molecule is O=C(Nc1cccc(N2CCCC2)c1)c1ccc2c(c1)CCN2. The number of anilines is 3. The molecule has 0 unspecified atom stereocenters. The van der Waals surface area contributed by atoms with Gasteiger partial charge >= 0.3 is 0 Å². The van der Waals surface area contributed by atoms with Gasteiger partial charge in [0.05, 0.1) is 0 Å². The summed E-state index contributed by atoms with van der Waals surface area (Å²) in [4.78, 5) is 14.9. The predicted molar refractivity (Wildman–Crippen MR) is 94.5 cm³/mol. The average Bonchev–Trinajstić information content (AvgIpc) is 3.26. The van der Waals surface area contributed by atoms with Crippen LogP contribution in [-0.2, 0) is 6.42 Å². The molecule has 2 aliphatic rings. The van der Waals surface area contributed by atoms with Crippen molar-refractivity contribution in [1.82, 2.24) is 0 Å². The first-order valence-corrected chi connectivity index (χ1v) is 8.33. The fourth-order valence-electron chi connectivity index (χ4n) is 3.41. The van der Waals surface area contributed by atoms with Gasteiger partial charge in [0.2, 0.25) is 0 Å². The van der Waals surface area contributed by atoms with E-state index in [-0.39, 0.29) is 5.91 Å². The number of fused-ring (bicyclic) bond motifs is 1. The van der Waals surface area contributed by atoms with Gasteiger partial charge in [-0.3, -0.25) is 4.79 Å². The zero-order chi connectivity index (χ0) is 15.6. The molecule has 0 radical (unpaired) electrons. The van der Waals surface area contributed by atoms with E-state index in [1.165, 1.54) is 24.1 Å². The highest BCUT2D eigenvalue weighted by Crippen LogP contribution is 2.25. The Bertz CT molecular complexity index is 735. The highest BCUT2D eigenvalue weighted by molar-refractivity contribution is 6.05. The van der Waals surface area contributed by atoms with Gasteiger partial charge in [0.25, 0.3) is 5.91 Å². The fraction of sp³-hybridized carbons (Fsp3) is 0.316. The van der Waals surface area contributed by atoms with Crippen LogP contribution >= 0.6 is 0 Å². The summed E-state index contributed by atoms with van der Waals surface area (Å²) < 4.78 is 0. The lowest BCUT2D eigenvalue weighted by Crippen LogP contribution is -2.18. The molecule has 2 aliphatic heterocycles. The molecule has 4 rings (SSSR count). The van der Waals surface area contributed by atoms with Crippen molar-refractivity contribution in [3.8, 4) is 0 Å². The van der Waals surface area contributed by atoms with E-state index in [0.29, 0.717) is 0 Å². The van der Waals surface area contributed by atoms with E-state index < -0.39 is 0 Å². The molecule has 0 atom stereocenters. The smallest absolute Gasteiger partial charge is 0.255 e. The number of carbonyl (C=O) groups excluding carboxylic acids is 1. The predicted octanol–water partition coefficient (Wildman–Crippen LogP) is 3.51. The number of hydrogen-bond donors (Lipinski definition) is 2. The van der Waals surface area contributed by atoms with Gasteiger partial charge in [-0.15, -0.1) is 0 Å². The number of hydrogen-bond acceptors (Lipinski definition) is 3. The third kappa shape index (κ3) is 2.89. The summed E-state index contributed by atoms with van der Waals surface area (Å²) >= 11 is 0. The van der Waals surface area contributed by atoms with Crippen LogP contribution in [0.1, 0.15) is 28.8 Å². The van der Waals surface area contributed by atoms with Gasteiger partial charge in [0.15, 0.2) is 0 Å². The molecule has 2 aromatic carbocycles. The summed E-state index contributed by atoms with van der Waals surface area (Å²) in [5, 5.41) is 6.34. The van der Waals surface area contributed by atoms with Crippen molar-refractivity contribution in [3.05, 3.63) is 53.6 Å². The van der Waals surface area contributed by atoms with Crippen molar-refractivity contribution in [1.29, 1.82) is 0 Å². The van der Waals surface area contributed by atoms with Crippen molar-refractivity contribution >= 4 is 23.0 Å². The zero-order valence-electron chi connectivity index (χ0n) is 13.1. The molecule has 1 saturated heterocycles. The van der Waals surface area contributed by atoms with Gasteiger partial charge < -0.3 is 15.5 Å². The Morgan fingerprint density at radius 1 is 1.09 bits per heavy atom. The second-order valence-corrected chi connectivity index (χ2v) is 6.25. The summed E-state index contributed by atoms with van der Waals surface area (Å²) in [7, 11) is 0. The van der Waals surface area contributed by atoms with Gasteiger partial charge in [0, 0.05) is 42.3 Å². The maximum absolute atomic E-state index is 12.5. The van der Waals surface area contributed by atoms with E-state index in [9.17, 15) is 4.79 Å². The summed E-state index contributed by atoms with van der Waals surface area (Å²) in [6, 6.07) is 14.0. The first-order chi connectivity index (χ1) is 11.3. The Morgan fingerprint density at radius 2 is 1.96 bits per heavy atom. The number of benzene rings is 2. The Labute approximate surface area is 136 Å². The minimum absolute atomic E-state index is 0.0433. The fourth-order valence-corrected chi connectivity index (χ4v) is 3.41. The number of rotatable bonds is 3. The molecule has 1 amide bonds.